The predicted octanol–water partition coefficient (Wildman–Crippen LogP) is 5.03. The molecule has 0 saturated carbocycles. The van der Waals surface area contributed by atoms with Crippen molar-refractivity contribution in [3.63, 3.8) is 0 Å². The quantitative estimate of drug-likeness (QED) is 0.794. The number of rotatable bonds is 5. The molecule has 2 unspecified atom stereocenters. The number of nitrogens with one attached hydrogen (secondary N) is 1. The molecule has 0 spiro atoms. The minimum atomic E-state index is -0.433. The maximum atomic E-state index is 12.2. The summed E-state index contributed by atoms with van der Waals surface area (Å²) in [6.45, 7) is 10.4. The van der Waals surface area contributed by atoms with Crippen LogP contribution in [0.25, 0.3) is 0 Å². The molecule has 1 aliphatic heterocycles. The first-order valence-electron chi connectivity index (χ1n) is 9.21. The summed E-state index contributed by atoms with van der Waals surface area (Å²) in [4.78, 5) is 14.1. The molecule has 0 bridgehead atoms. The van der Waals surface area contributed by atoms with Gasteiger partial charge < -0.3 is 15.0 Å². The van der Waals surface area contributed by atoms with Gasteiger partial charge in [0.1, 0.15) is 5.60 Å². The molecule has 1 aromatic carbocycles. The third-order valence-corrected chi connectivity index (χ3v) is 4.76. The maximum Gasteiger partial charge on any atom is 0.410 e. The molecule has 1 amide bonds. The lowest BCUT2D eigenvalue weighted by molar-refractivity contribution is 0.0161. The van der Waals surface area contributed by atoms with E-state index in [2.05, 4.69) is 18.3 Å². The van der Waals surface area contributed by atoms with Gasteiger partial charge in [0.25, 0.3) is 0 Å². The highest BCUT2D eigenvalue weighted by atomic mass is 35.5. The van der Waals surface area contributed by atoms with Crippen molar-refractivity contribution in [1.82, 2.24) is 10.2 Å². The SMILES string of the molecule is CC(NCCC1CCCN(C(=O)OC(C)(C)C)C1)c1cccc(Cl)c1. The highest BCUT2D eigenvalue weighted by molar-refractivity contribution is 6.30. The van der Waals surface area contributed by atoms with Crippen LogP contribution in [0.2, 0.25) is 5.02 Å². The number of hydrogen-bond acceptors (Lipinski definition) is 3. The molecule has 140 valence electrons. The second-order valence-electron chi connectivity index (χ2n) is 7.95. The zero-order valence-corrected chi connectivity index (χ0v) is 16.6. The fourth-order valence-electron chi connectivity index (χ4n) is 3.19. The van der Waals surface area contributed by atoms with E-state index in [0.29, 0.717) is 5.92 Å². The smallest absolute Gasteiger partial charge is 0.410 e. The molecule has 4 nitrogen and oxygen atoms in total. The minimum absolute atomic E-state index is 0.183. The van der Waals surface area contributed by atoms with Gasteiger partial charge in [-0.25, -0.2) is 4.79 Å². The summed E-state index contributed by atoms with van der Waals surface area (Å²) < 4.78 is 5.50. The standard InChI is InChI=1S/C20H31ClN2O2/c1-15(17-8-5-9-18(21)13-17)22-11-10-16-7-6-12-23(14-16)19(24)25-20(2,3)4/h5,8-9,13,15-16,22H,6-7,10-12,14H2,1-4H3. The Labute approximate surface area is 156 Å². The Morgan fingerprint density at radius 2 is 2.20 bits per heavy atom. The molecular formula is C20H31ClN2O2. The molecule has 0 aromatic heterocycles. The van der Waals surface area contributed by atoms with Crippen LogP contribution < -0.4 is 5.32 Å². The zero-order chi connectivity index (χ0) is 18.4. The number of piperidine rings is 1. The predicted molar refractivity (Wildman–Crippen MR) is 103 cm³/mol. The van der Waals surface area contributed by atoms with Gasteiger partial charge in [0, 0.05) is 24.2 Å². The Morgan fingerprint density at radius 1 is 1.44 bits per heavy atom. The topological polar surface area (TPSA) is 41.6 Å². The van der Waals surface area contributed by atoms with Crippen LogP contribution in [-0.2, 0) is 4.74 Å². The van der Waals surface area contributed by atoms with Crippen molar-refractivity contribution in [2.75, 3.05) is 19.6 Å². The maximum absolute atomic E-state index is 12.2. The number of nitrogens with zero attached hydrogens (tertiary/aromatic N) is 1. The number of likely N-dealkylation sites (tertiary alicyclic amines) is 1. The van der Waals surface area contributed by atoms with Crippen LogP contribution in [0.4, 0.5) is 4.79 Å². The summed E-state index contributed by atoms with van der Waals surface area (Å²) in [6.07, 6.45) is 3.10. The van der Waals surface area contributed by atoms with Gasteiger partial charge in [0.15, 0.2) is 0 Å². The summed E-state index contributed by atoms with van der Waals surface area (Å²) in [5, 5.41) is 4.33. The lowest BCUT2D eigenvalue weighted by Crippen LogP contribution is -2.43. The number of ether oxygens (including phenoxy) is 1. The molecule has 1 aliphatic rings. The van der Waals surface area contributed by atoms with Gasteiger partial charge >= 0.3 is 6.09 Å². The molecule has 2 rings (SSSR count). The summed E-state index contributed by atoms with van der Waals surface area (Å²) in [6, 6.07) is 8.24. The van der Waals surface area contributed by atoms with Gasteiger partial charge in [-0.15, -0.1) is 0 Å². The van der Waals surface area contributed by atoms with Crippen LogP contribution >= 0.6 is 11.6 Å². The lowest BCUT2D eigenvalue weighted by atomic mass is 9.95. The van der Waals surface area contributed by atoms with E-state index in [4.69, 9.17) is 16.3 Å². The third-order valence-electron chi connectivity index (χ3n) is 4.52. The molecule has 1 fully saturated rings. The van der Waals surface area contributed by atoms with Crippen molar-refractivity contribution in [3.8, 4) is 0 Å². The number of carbonyl (C=O) groups is 1. The average Bonchev–Trinajstić information content (AvgIpc) is 2.53. The molecule has 25 heavy (non-hydrogen) atoms. The highest BCUT2D eigenvalue weighted by Gasteiger charge is 2.27. The van der Waals surface area contributed by atoms with Gasteiger partial charge in [-0.05, 0) is 77.1 Å². The molecule has 1 N–H and O–H groups in total. The highest BCUT2D eigenvalue weighted by Crippen LogP contribution is 2.22. The van der Waals surface area contributed by atoms with Crippen molar-refractivity contribution in [2.45, 2.75) is 58.6 Å². The number of benzene rings is 1. The first-order valence-corrected chi connectivity index (χ1v) is 9.59. The molecule has 1 heterocycles. The molecule has 1 saturated heterocycles. The summed E-state index contributed by atoms with van der Waals surface area (Å²) in [5.74, 6) is 0.528. The van der Waals surface area contributed by atoms with E-state index in [0.717, 1.165) is 37.5 Å². The Kier molecular flexibility index (Phi) is 7.14. The van der Waals surface area contributed by atoms with Crippen molar-refractivity contribution in [3.05, 3.63) is 34.9 Å². The zero-order valence-electron chi connectivity index (χ0n) is 15.8. The van der Waals surface area contributed by atoms with E-state index in [1.165, 1.54) is 12.0 Å². The molecule has 0 aliphatic carbocycles. The lowest BCUT2D eigenvalue weighted by Gasteiger charge is -2.34. The van der Waals surface area contributed by atoms with Crippen molar-refractivity contribution >= 4 is 17.7 Å². The van der Waals surface area contributed by atoms with Gasteiger partial charge in [-0.3, -0.25) is 0 Å². The molecule has 0 radical (unpaired) electrons. The van der Waals surface area contributed by atoms with E-state index in [1.807, 2.05) is 43.9 Å². The van der Waals surface area contributed by atoms with Crippen molar-refractivity contribution < 1.29 is 9.53 Å². The Morgan fingerprint density at radius 3 is 2.88 bits per heavy atom. The van der Waals surface area contributed by atoms with Crippen molar-refractivity contribution in [2.24, 2.45) is 5.92 Å². The van der Waals surface area contributed by atoms with Gasteiger partial charge in [0.05, 0.1) is 0 Å². The van der Waals surface area contributed by atoms with Crippen LogP contribution in [0.1, 0.15) is 58.6 Å². The molecule has 2 atom stereocenters. The second kappa shape index (κ2) is 8.91. The first-order chi connectivity index (χ1) is 11.7. The van der Waals surface area contributed by atoms with Crippen LogP contribution in [0, 0.1) is 5.92 Å². The largest absolute Gasteiger partial charge is 0.444 e. The first kappa shape index (κ1) is 20.1. The van der Waals surface area contributed by atoms with Gasteiger partial charge in [0.2, 0.25) is 0 Å². The number of carbonyl (C=O) groups excluding carboxylic acids is 1. The third kappa shape index (κ3) is 6.87. The molecular weight excluding hydrogens is 336 g/mol. The number of hydrogen-bond donors (Lipinski definition) is 1. The summed E-state index contributed by atoms with van der Waals surface area (Å²) >= 11 is 6.06. The fourth-order valence-corrected chi connectivity index (χ4v) is 3.39. The van der Waals surface area contributed by atoms with E-state index >= 15 is 0 Å². The average molecular weight is 367 g/mol. The minimum Gasteiger partial charge on any atom is -0.444 e. The van der Waals surface area contributed by atoms with Crippen LogP contribution in [0.5, 0.6) is 0 Å². The molecule has 5 heteroatoms. The second-order valence-corrected chi connectivity index (χ2v) is 8.39. The van der Waals surface area contributed by atoms with E-state index in [-0.39, 0.29) is 12.1 Å². The van der Waals surface area contributed by atoms with E-state index < -0.39 is 5.60 Å². The van der Waals surface area contributed by atoms with Crippen LogP contribution in [0.3, 0.4) is 0 Å². The van der Waals surface area contributed by atoms with Gasteiger partial charge in [-0.2, -0.15) is 0 Å². The fraction of sp³-hybridized carbons (Fsp3) is 0.650. The Bertz CT molecular complexity index is 571. The monoisotopic (exact) mass is 366 g/mol. The number of halogens is 1. The summed E-state index contributed by atoms with van der Waals surface area (Å²) in [5.41, 5.74) is 0.768. The van der Waals surface area contributed by atoms with Crippen LogP contribution in [-0.4, -0.2) is 36.2 Å². The molecule has 1 aromatic rings. The van der Waals surface area contributed by atoms with E-state index in [1.54, 1.807) is 0 Å². The van der Waals surface area contributed by atoms with Crippen molar-refractivity contribution in [1.29, 1.82) is 0 Å². The Hall–Kier alpha value is -1.26. The van der Waals surface area contributed by atoms with Crippen LogP contribution in [0.15, 0.2) is 24.3 Å². The Balaban J connectivity index is 1.76. The van der Waals surface area contributed by atoms with Gasteiger partial charge in [-0.1, -0.05) is 23.7 Å². The van der Waals surface area contributed by atoms with E-state index in [9.17, 15) is 4.79 Å². The summed E-state index contributed by atoms with van der Waals surface area (Å²) in [7, 11) is 0. The number of amides is 1. The normalized spacial score (nSPS) is 19.6.